The quantitative estimate of drug-likeness (QED) is 0.840. The average Bonchev–Trinajstić information content (AvgIpc) is 2.27. The van der Waals surface area contributed by atoms with E-state index in [0.29, 0.717) is 5.88 Å². The third-order valence-corrected chi connectivity index (χ3v) is 2.87. The third-order valence-electron chi connectivity index (χ3n) is 2.38. The van der Waals surface area contributed by atoms with Crippen molar-refractivity contribution < 1.29 is 4.74 Å². The Labute approximate surface area is 109 Å². The fourth-order valence-electron chi connectivity index (χ4n) is 1.44. The first-order valence-electron chi connectivity index (χ1n) is 5.30. The summed E-state index contributed by atoms with van der Waals surface area (Å²) in [4.78, 5) is 8.56. The maximum absolute atomic E-state index is 5.78. The molecule has 0 bridgehead atoms. The van der Waals surface area contributed by atoms with E-state index in [1.54, 1.807) is 6.20 Å². The maximum atomic E-state index is 5.78. The van der Waals surface area contributed by atoms with Crippen LogP contribution in [0.2, 0.25) is 0 Å². The summed E-state index contributed by atoms with van der Waals surface area (Å²) in [6, 6.07) is 5.87. The summed E-state index contributed by atoms with van der Waals surface area (Å²) in [6.07, 6.45) is 1.73. The van der Waals surface area contributed by atoms with Gasteiger partial charge in [0.25, 0.3) is 0 Å². The number of nitrogens with zero attached hydrogens (tertiary/aromatic N) is 2. The summed E-state index contributed by atoms with van der Waals surface area (Å²) in [5, 5.41) is 0. The summed E-state index contributed by atoms with van der Waals surface area (Å²) in [5.41, 5.74) is 2.69. The third kappa shape index (κ3) is 2.82. The van der Waals surface area contributed by atoms with Gasteiger partial charge in [-0.3, -0.25) is 4.98 Å². The van der Waals surface area contributed by atoms with E-state index < -0.39 is 0 Å². The molecule has 1 heterocycles. The lowest BCUT2D eigenvalue weighted by atomic mass is 10.2. The molecule has 0 aliphatic carbocycles. The van der Waals surface area contributed by atoms with Crippen LogP contribution < -0.4 is 4.74 Å². The summed E-state index contributed by atoms with van der Waals surface area (Å²) in [6.45, 7) is 5.78. The molecule has 0 radical (unpaired) electrons. The van der Waals surface area contributed by atoms with Crippen molar-refractivity contribution in [1.29, 1.82) is 0 Å². The van der Waals surface area contributed by atoms with Crippen LogP contribution >= 0.6 is 15.9 Å². The summed E-state index contributed by atoms with van der Waals surface area (Å²) in [7, 11) is 0. The molecule has 0 saturated heterocycles. The van der Waals surface area contributed by atoms with Gasteiger partial charge in [-0.25, -0.2) is 4.98 Å². The largest absolute Gasteiger partial charge is 0.437 e. The number of ether oxygens (including phenoxy) is 1. The molecular weight excluding hydrogens is 280 g/mol. The fraction of sp³-hybridized carbons (Fsp3) is 0.231. The highest BCUT2D eigenvalue weighted by atomic mass is 79.9. The van der Waals surface area contributed by atoms with E-state index >= 15 is 0 Å². The molecule has 0 saturated carbocycles. The first kappa shape index (κ1) is 12.0. The summed E-state index contributed by atoms with van der Waals surface area (Å²) >= 11 is 3.42. The normalized spacial score (nSPS) is 10.4. The number of aryl methyl sites for hydroxylation is 3. The number of aromatic nitrogens is 2. The molecule has 1 aromatic carbocycles. The van der Waals surface area contributed by atoms with Gasteiger partial charge < -0.3 is 4.74 Å². The SMILES string of the molecule is Cc1cnc(C)c(Oc2ccc(Br)cc2C)n1. The van der Waals surface area contributed by atoms with Gasteiger partial charge in [0.15, 0.2) is 0 Å². The zero-order valence-corrected chi connectivity index (χ0v) is 11.6. The number of hydrogen-bond donors (Lipinski definition) is 0. The van der Waals surface area contributed by atoms with Crippen molar-refractivity contribution in [3.63, 3.8) is 0 Å². The van der Waals surface area contributed by atoms with Crippen LogP contribution in [0.1, 0.15) is 17.0 Å². The monoisotopic (exact) mass is 292 g/mol. The van der Waals surface area contributed by atoms with Gasteiger partial charge in [-0.15, -0.1) is 0 Å². The Hall–Kier alpha value is -1.42. The highest BCUT2D eigenvalue weighted by Crippen LogP contribution is 2.27. The van der Waals surface area contributed by atoms with Gasteiger partial charge in [0, 0.05) is 10.7 Å². The predicted molar refractivity (Wildman–Crippen MR) is 70.5 cm³/mol. The average molecular weight is 293 g/mol. The van der Waals surface area contributed by atoms with Crippen molar-refractivity contribution in [2.45, 2.75) is 20.8 Å². The summed E-state index contributed by atoms with van der Waals surface area (Å²) in [5.74, 6) is 1.37. The van der Waals surface area contributed by atoms with E-state index in [1.165, 1.54) is 0 Å². The lowest BCUT2D eigenvalue weighted by Crippen LogP contribution is -1.97. The molecule has 3 nitrogen and oxygen atoms in total. The van der Waals surface area contributed by atoms with E-state index in [-0.39, 0.29) is 0 Å². The maximum Gasteiger partial charge on any atom is 0.241 e. The Bertz CT molecular complexity index is 555. The Morgan fingerprint density at radius 1 is 1.18 bits per heavy atom. The minimum atomic E-state index is 0.565. The molecular formula is C13H13BrN2O. The molecule has 0 aliphatic heterocycles. The van der Waals surface area contributed by atoms with Gasteiger partial charge in [0.1, 0.15) is 5.75 Å². The first-order chi connectivity index (χ1) is 8.06. The molecule has 0 aliphatic rings. The van der Waals surface area contributed by atoms with Crippen LogP contribution in [0.15, 0.2) is 28.9 Å². The summed E-state index contributed by atoms with van der Waals surface area (Å²) < 4.78 is 6.82. The zero-order valence-electron chi connectivity index (χ0n) is 9.99. The molecule has 88 valence electrons. The molecule has 4 heteroatoms. The number of rotatable bonds is 2. The van der Waals surface area contributed by atoms with Crippen LogP contribution in [0.25, 0.3) is 0 Å². The second-order valence-corrected chi connectivity index (χ2v) is 4.83. The first-order valence-corrected chi connectivity index (χ1v) is 6.10. The van der Waals surface area contributed by atoms with Crippen LogP contribution in [0.3, 0.4) is 0 Å². The highest BCUT2D eigenvalue weighted by molar-refractivity contribution is 9.10. The lowest BCUT2D eigenvalue weighted by molar-refractivity contribution is 0.450. The fourth-order valence-corrected chi connectivity index (χ4v) is 1.92. The van der Waals surface area contributed by atoms with Gasteiger partial charge in [-0.05, 0) is 44.5 Å². The molecule has 0 amide bonds. The Balaban J connectivity index is 2.34. The van der Waals surface area contributed by atoms with E-state index in [9.17, 15) is 0 Å². The van der Waals surface area contributed by atoms with Crippen molar-refractivity contribution in [2.75, 3.05) is 0 Å². The van der Waals surface area contributed by atoms with Crippen LogP contribution in [0.4, 0.5) is 0 Å². The molecule has 0 N–H and O–H groups in total. The number of halogens is 1. The topological polar surface area (TPSA) is 35.0 Å². The van der Waals surface area contributed by atoms with Gasteiger partial charge in [-0.1, -0.05) is 15.9 Å². The van der Waals surface area contributed by atoms with Crippen molar-refractivity contribution in [1.82, 2.24) is 9.97 Å². The van der Waals surface area contributed by atoms with E-state index in [1.807, 2.05) is 39.0 Å². The van der Waals surface area contributed by atoms with E-state index in [0.717, 1.165) is 27.2 Å². The van der Waals surface area contributed by atoms with Gasteiger partial charge in [0.2, 0.25) is 5.88 Å². The highest BCUT2D eigenvalue weighted by Gasteiger charge is 2.07. The van der Waals surface area contributed by atoms with Crippen LogP contribution in [-0.2, 0) is 0 Å². The standard InChI is InChI=1S/C13H13BrN2O/c1-8-6-11(14)4-5-12(8)17-13-10(3)15-7-9(2)16-13/h4-7H,1-3H3. The number of hydrogen-bond acceptors (Lipinski definition) is 3. The van der Waals surface area contributed by atoms with Crippen LogP contribution in [-0.4, -0.2) is 9.97 Å². The Morgan fingerprint density at radius 2 is 1.94 bits per heavy atom. The van der Waals surface area contributed by atoms with Gasteiger partial charge in [-0.2, -0.15) is 0 Å². The van der Waals surface area contributed by atoms with Crippen molar-refractivity contribution in [2.24, 2.45) is 0 Å². The molecule has 1 aromatic heterocycles. The predicted octanol–water partition coefficient (Wildman–Crippen LogP) is 3.96. The van der Waals surface area contributed by atoms with Gasteiger partial charge in [0.05, 0.1) is 11.4 Å². The molecule has 0 unspecified atom stereocenters. The van der Waals surface area contributed by atoms with Gasteiger partial charge >= 0.3 is 0 Å². The van der Waals surface area contributed by atoms with Crippen molar-refractivity contribution >= 4 is 15.9 Å². The molecule has 0 atom stereocenters. The number of benzene rings is 1. The molecule has 2 rings (SSSR count). The lowest BCUT2D eigenvalue weighted by Gasteiger charge is -2.10. The second-order valence-electron chi connectivity index (χ2n) is 3.91. The van der Waals surface area contributed by atoms with E-state index in [2.05, 4.69) is 25.9 Å². The molecule has 0 fully saturated rings. The van der Waals surface area contributed by atoms with Crippen LogP contribution in [0, 0.1) is 20.8 Å². The molecule has 17 heavy (non-hydrogen) atoms. The van der Waals surface area contributed by atoms with Crippen molar-refractivity contribution in [3.05, 3.63) is 45.8 Å². The van der Waals surface area contributed by atoms with E-state index in [4.69, 9.17) is 4.74 Å². The minimum Gasteiger partial charge on any atom is -0.437 e. The second kappa shape index (κ2) is 4.84. The molecule has 0 spiro atoms. The smallest absolute Gasteiger partial charge is 0.241 e. The van der Waals surface area contributed by atoms with Crippen LogP contribution in [0.5, 0.6) is 11.6 Å². The Kier molecular flexibility index (Phi) is 3.43. The Morgan fingerprint density at radius 3 is 2.65 bits per heavy atom. The van der Waals surface area contributed by atoms with Crippen molar-refractivity contribution in [3.8, 4) is 11.6 Å². The molecule has 2 aromatic rings. The zero-order chi connectivity index (χ0) is 12.4. The minimum absolute atomic E-state index is 0.565.